The van der Waals surface area contributed by atoms with E-state index in [1.807, 2.05) is 17.9 Å². The molecule has 0 atom stereocenters. The van der Waals surface area contributed by atoms with Crippen LogP contribution in [0.2, 0.25) is 0 Å². The van der Waals surface area contributed by atoms with E-state index in [0.29, 0.717) is 12.5 Å². The number of aromatic nitrogens is 1. The number of benzene rings is 1. The number of rotatable bonds is 4. The van der Waals surface area contributed by atoms with Gasteiger partial charge in [-0.05, 0) is 31.5 Å². The lowest BCUT2D eigenvalue weighted by Crippen LogP contribution is -2.42. The monoisotopic (exact) mass is 303 g/mol. The van der Waals surface area contributed by atoms with Gasteiger partial charge in [0.1, 0.15) is 0 Å². The topological polar surface area (TPSA) is 45.2 Å². The first-order chi connectivity index (χ1) is 10.3. The van der Waals surface area contributed by atoms with Crippen molar-refractivity contribution in [2.45, 2.75) is 25.7 Å². The molecule has 4 nitrogen and oxygen atoms in total. The summed E-state index contributed by atoms with van der Waals surface area (Å²) in [6.07, 6.45) is 2.05. The number of para-hydroxylation sites is 1. The van der Waals surface area contributed by atoms with Gasteiger partial charge in [0.05, 0.1) is 21.8 Å². The molecule has 0 saturated carbocycles. The molecular weight excluding hydrogens is 282 g/mol. The summed E-state index contributed by atoms with van der Waals surface area (Å²) in [6.45, 7) is 5.03. The second-order valence-electron chi connectivity index (χ2n) is 5.46. The average Bonchev–Trinajstić information content (AvgIpc) is 2.96. The summed E-state index contributed by atoms with van der Waals surface area (Å²) < 4.78 is 1.26. The van der Waals surface area contributed by atoms with E-state index in [0.717, 1.165) is 38.0 Å². The van der Waals surface area contributed by atoms with Crippen LogP contribution in [-0.2, 0) is 4.79 Å². The lowest BCUT2D eigenvalue weighted by Gasteiger charge is -2.31. The number of carbonyl (C=O) groups excluding carboxylic acids is 1. The normalized spacial score (nSPS) is 16.5. The van der Waals surface area contributed by atoms with Crippen LogP contribution in [0.1, 0.15) is 30.7 Å². The molecule has 0 radical (unpaired) electrons. The smallest absolute Gasteiger partial charge is 0.236 e. The number of likely N-dealkylation sites (N-methyl/N-ethyl adjacent to an activating group) is 1. The molecule has 0 unspecified atom stereocenters. The molecule has 1 amide bonds. The molecular formula is C16H21N3OS. The van der Waals surface area contributed by atoms with Crippen LogP contribution in [0.15, 0.2) is 24.3 Å². The fourth-order valence-corrected chi connectivity index (χ4v) is 3.92. The molecule has 2 heterocycles. The Morgan fingerprint density at radius 2 is 2.14 bits per heavy atom. The minimum absolute atomic E-state index is 0.222. The molecule has 3 rings (SSSR count). The summed E-state index contributed by atoms with van der Waals surface area (Å²) in [5, 5.41) is 4.34. The predicted molar refractivity (Wildman–Crippen MR) is 86.7 cm³/mol. The number of likely N-dealkylation sites (tertiary alicyclic amines) is 1. The molecule has 2 aromatic rings. The van der Waals surface area contributed by atoms with Gasteiger partial charge in [-0.15, -0.1) is 11.3 Å². The van der Waals surface area contributed by atoms with Crippen molar-refractivity contribution >= 4 is 27.5 Å². The maximum Gasteiger partial charge on any atom is 0.236 e. The quantitative estimate of drug-likeness (QED) is 0.944. The van der Waals surface area contributed by atoms with E-state index in [1.165, 1.54) is 9.71 Å². The Kier molecular flexibility index (Phi) is 4.51. The highest BCUT2D eigenvalue weighted by Gasteiger charge is 2.25. The highest BCUT2D eigenvalue weighted by molar-refractivity contribution is 7.18. The van der Waals surface area contributed by atoms with Gasteiger partial charge in [0.15, 0.2) is 0 Å². The number of hydrogen-bond donors (Lipinski definition) is 1. The highest BCUT2D eigenvalue weighted by atomic mass is 32.1. The first-order valence-corrected chi connectivity index (χ1v) is 8.43. The zero-order valence-electron chi connectivity index (χ0n) is 12.3. The number of thiazole rings is 1. The van der Waals surface area contributed by atoms with Crippen LogP contribution in [-0.4, -0.2) is 42.0 Å². The number of nitrogens with zero attached hydrogens (tertiary/aromatic N) is 2. The molecule has 1 aliphatic heterocycles. The Morgan fingerprint density at radius 3 is 2.86 bits per heavy atom. The van der Waals surface area contributed by atoms with Crippen LogP contribution >= 0.6 is 11.3 Å². The fraction of sp³-hybridized carbons (Fsp3) is 0.500. The third-order valence-electron chi connectivity index (χ3n) is 4.03. The molecule has 0 spiro atoms. The number of hydrogen-bond acceptors (Lipinski definition) is 4. The summed E-state index contributed by atoms with van der Waals surface area (Å²) in [5.41, 5.74) is 1.10. The lowest BCUT2D eigenvalue weighted by atomic mass is 9.97. The Balaban J connectivity index is 1.61. The summed E-state index contributed by atoms with van der Waals surface area (Å²) >= 11 is 1.80. The third kappa shape index (κ3) is 3.24. The minimum Gasteiger partial charge on any atom is -0.342 e. The SMILES string of the molecule is CCNCC(=O)N1CCC(c2nc3ccccc3s2)CC1. The molecule has 0 aliphatic carbocycles. The maximum atomic E-state index is 12.0. The van der Waals surface area contributed by atoms with E-state index in [9.17, 15) is 4.79 Å². The van der Waals surface area contributed by atoms with E-state index in [2.05, 4.69) is 23.5 Å². The zero-order chi connectivity index (χ0) is 14.7. The molecule has 21 heavy (non-hydrogen) atoms. The van der Waals surface area contributed by atoms with Crippen molar-refractivity contribution in [3.8, 4) is 0 Å². The molecule has 5 heteroatoms. The van der Waals surface area contributed by atoms with Gasteiger partial charge in [-0.1, -0.05) is 19.1 Å². The molecule has 1 aromatic heterocycles. The van der Waals surface area contributed by atoms with Gasteiger partial charge in [-0.2, -0.15) is 0 Å². The van der Waals surface area contributed by atoms with Crippen LogP contribution in [0.3, 0.4) is 0 Å². The molecule has 0 bridgehead atoms. The van der Waals surface area contributed by atoms with Crippen LogP contribution < -0.4 is 5.32 Å². The highest BCUT2D eigenvalue weighted by Crippen LogP contribution is 2.33. The Hall–Kier alpha value is -1.46. The second-order valence-corrected chi connectivity index (χ2v) is 6.52. The van der Waals surface area contributed by atoms with Gasteiger partial charge in [-0.3, -0.25) is 4.79 Å². The predicted octanol–water partition coefficient (Wildman–Crippen LogP) is 2.61. The standard InChI is InChI=1S/C16H21N3OS/c1-2-17-11-15(20)19-9-7-12(8-10-19)16-18-13-5-3-4-6-14(13)21-16/h3-6,12,17H,2,7-11H2,1H3. The van der Waals surface area contributed by atoms with Gasteiger partial charge < -0.3 is 10.2 Å². The van der Waals surface area contributed by atoms with Crippen molar-refractivity contribution in [3.05, 3.63) is 29.3 Å². The Bertz CT molecular complexity index is 584. The molecule has 1 aromatic carbocycles. The largest absolute Gasteiger partial charge is 0.342 e. The molecule has 1 saturated heterocycles. The van der Waals surface area contributed by atoms with Crippen molar-refractivity contribution in [3.63, 3.8) is 0 Å². The van der Waals surface area contributed by atoms with Crippen molar-refractivity contribution in [1.82, 2.24) is 15.2 Å². The van der Waals surface area contributed by atoms with Crippen LogP contribution in [0.25, 0.3) is 10.2 Å². The molecule has 1 aliphatic rings. The molecule has 112 valence electrons. The zero-order valence-corrected chi connectivity index (χ0v) is 13.2. The number of amides is 1. The van der Waals surface area contributed by atoms with Crippen molar-refractivity contribution in [1.29, 1.82) is 0 Å². The van der Waals surface area contributed by atoms with Crippen molar-refractivity contribution < 1.29 is 4.79 Å². The van der Waals surface area contributed by atoms with E-state index in [4.69, 9.17) is 4.98 Å². The minimum atomic E-state index is 0.222. The van der Waals surface area contributed by atoms with Crippen LogP contribution in [0.4, 0.5) is 0 Å². The summed E-state index contributed by atoms with van der Waals surface area (Å²) in [7, 11) is 0. The van der Waals surface area contributed by atoms with Gasteiger partial charge in [-0.25, -0.2) is 4.98 Å². The number of nitrogens with one attached hydrogen (secondary N) is 1. The van der Waals surface area contributed by atoms with Gasteiger partial charge in [0.2, 0.25) is 5.91 Å². The maximum absolute atomic E-state index is 12.0. The number of fused-ring (bicyclic) bond motifs is 1. The van der Waals surface area contributed by atoms with Crippen LogP contribution in [0, 0.1) is 0 Å². The van der Waals surface area contributed by atoms with E-state index in [1.54, 1.807) is 11.3 Å². The first kappa shape index (κ1) is 14.5. The average molecular weight is 303 g/mol. The number of carbonyl (C=O) groups is 1. The van der Waals surface area contributed by atoms with Gasteiger partial charge in [0.25, 0.3) is 0 Å². The summed E-state index contributed by atoms with van der Waals surface area (Å²) in [6, 6.07) is 8.30. The second kappa shape index (κ2) is 6.54. The van der Waals surface area contributed by atoms with Crippen molar-refractivity contribution in [2.75, 3.05) is 26.2 Å². The molecule has 1 N–H and O–H groups in total. The Morgan fingerprint density at radius 1 is 1.38 bits per heavy atom. The summed E-state index contributed by atoms with van der Waals surface area (Å²) in [4.78, 5) is 18.7. The van der Waals surface area contributed by atoms with Gasteiger partial charge >= 0.3 is 0 Å². The first-order valence-electron chi connectivity index (χ1n) is 7.62. The third-order valence-corrected chi connectivity index (χ3v) is 5.23. The number of piperidine rings is 1. The van der Waals surface area contributed by atoms with E-state index >= 15 is 0 Å². The van der Waals surface area contributed by atoms with Gasteiger partial charge in [0, 0.05) is 19.0 Å². The summed E-state index contributed by atoms with van der Waals surface area (Å²) in [5.74, 6) is 0.727. The molecule has 1 fully saturated rings. The Labute approximate surface area is 129 Å². The van der Waals surface area contributed by atoms with Crippen molar-refractivity contribution in [2.24, 2.45) is 0 Å². The van der Waals surface area contributed by atoms with E-state index in [-0.39, 0.29) is 5.91 Å². The fourth-order valence-electron chi connectivity index (χ4n) is 2.78. The van der Waals surface area contributed by atoms with E-state index < -0.39 is 0 Å². The van der Waals surface area contributed by atoms with Crippen LogP contribution in [0.5, 0.6) is 0 Å². The lowest BCUT2D eigenvalue weighted by molar-refractivity contribution is -0.131.